The molecule has 33 heavy (non-hydrogen) atoms. The van der Waals surface area contributed by atoms with Crippen molar-refractivity contribution in [1.29, 1.82) is 0 Å². The van der Waals surface area contributed by atoms with Crippen molar-refractivity contribution < 1.29 is 4.74 Å². The number of anilines is 2. The van der Waals surface area contributed by atoms with Gasteiger partial charge in [0, 0.05) is 42.3 Å². The lowest BCUT2D eigenvalue weighted by molar-refractivity contribution is 0.295. The van der Waals surface area contributed by atoms with Gasteiger partial charge in [-0.3, -0.25) is 10.4 Å². The largest absolute Gasteiger partial charge is 0.463 e. The fraction of sp³-hybridized carbons (Fsp3) is 0.440. The van der Waals surface area contributed by atoms with E-state index >= 15 is 0 Å². The summed E-state index contributed by atoms with van der Waals surface area (Å²) in [5.74, 6) is 0.874. The van der Waals surface area contributed by atoms with E-state index in [0.29, 0.717) is 24.7 Å². The van der Waals surface area contributed by atoms with Crippen LogP contribution >= 0.6 is 11.3 Å². The molecule has 0 radical (unpaired) electrons. The molecule has 0 aliphatic carbocycles. The van der Waals surface area contributed by atoms with Crippen molar-refractivity contribution >= 4 is 28.4 Å². The third-order valence-corrected chi connectivity index (χ3v) is 6.14. The molecule has 1 N–H and O–H groups in total. The number of ether oxygens (including phenoxy) is 1. The molecule has 0 bridgehead atoms. The molecule has 0 aliphatic heterocycles. The Balaban J connectivity index is 1.75. The third-order valence-electron chi connectivity index (χ3n) is 5.01. The zero-order valence-corrected chi connectivity index (χ0v) is 20.6. The fourth-order valence-electron chi connectivity index (χ4n) is 3.27. The van der Waals surface area contributed by atoms with Gasteiger partial charge in [-0.05, 0) is 43.5 Å². The molecule has 0 atom stereocenters. The van der Waals surface area contributed by atoms with Crippen LogP contribution in [-0.2, 0) is 12.8 Å². The van der Waals surface area contributed by atoms with Gasteiger partial charge in [0.05, 0.1) is 18.5 Å². The zero-order valence-electron chi connectivity index (χ0n) is 19.8. The molecule has 3 aromatic heterocycles. The van der Waals surface area contributed by atoms with Gasteiger partial charge in [0.15, 0.2) is 0 Å². The summed E-state index contributed by atoms with van der Waals surface area (Å²) >= 11 is 1.71. The van der Waals surface area contributed by atoms with Gasteiger partial charge in [0.25, 0.3) is 0 Å². The van der Waals surface area contributed by atoms with Crippen LogP contribution in [-0.4, -0.2) is 40.9 Å². The van der Waals surface area contributed by atoms with Gasteiger partial charge in [0.1, 0.15) is 10.8 Å². The Kier molecular flexibility index (Phi) is 10.1. The smallest absolute Gasteiger partial charge is 0.318 e. The SMILES string of the molecule is CCCCN(CCC)c1cc(/C=N/Nc2ccc(CC)s2)nc(OCCc2ccccn2)n1. The number of nitrogens with one attached hydrogen (secondary N) is 1. The molecule has 0 aliphatic rings. The molecule has 0 saturated carbocycles. The molecule has 3 heterocycles. The van der Waals surface area contributed by atoms with Crippen LogP contribution in [0.5, 0.6) is 6.01 Å². The summed E-state index contributed by atoms with van der Waals surface area (Å²) in [5, 5.41) is 5.41. The topological polar surface area (TPSA) is 75.5 Å². The standard InChI is InChI=1S/C25H34N6OS/c1-4-7-16-31(15-5-2)23-18-21(19-27-30-24-12-11-22(6-3)33-24)28-25(29-23)32-17-13-20-10-8-9-14-26-20/h8-12,14,18-19,30H,4-7,13,15-17H2,1-3H3/b27-19+. The third kappa shape index (κ3) is 8.13. The van der Waals surface area contributed by atoms with Crippen LogP contribution < -0.4 is 15.1 Å². The Labute approximate surface area is 201 Å². The number of hydrazone groups is 1. The van der Waals surface area contributed by atoms with Crippen molar-refractivity contribution in [1.82, 2.24) is 15.0 Å². The minimum atomic E-state index is 0.367. The van der Waals surface area contributed by atoms with E-state index in [-0.39, 0.29) is 0 Å². The van der Waals surface area contributed by atoms with Gasteiger partial charge in [-0.1, -0.05) is 33.3 Å². The first-order valence-electron chi connectivity index (χ1n) is 11.8. The van der Waals surface area contributed by atoms with Gasteiger partial charge < -0.3 is 9.64 Å². The number of thiophene rings is 1. The Bertz CT molecular complexity index is 992. The number of rotatable bonds is 14. The lowest BCUT2D eigenvalue weighted by Gasteiger charge is -2.23. The van der Waals surface area contributed by atoms with Gasteiger partial charge in [-0.25, -0.2) is 0 Å². The van der Waals surface area contributed by atoms with Crippen LogP contribution in [0.3, 0.4) is 0 Å². The quantitative estimate of drug-likeness (QED) is 0.247. The average molecular weight is 467 g/mol. The molecule has 0 spiro atoms. The van der Waals surface area contributed by atoms with Gasteiger partial charge >= 0.3 is 6.01 Å². The normalized spacial score (nSPS) is 11.1. The number of aromatic nitrogens is 3. The Morgan fingerprint density at radius 1 is 1.09 bits per heavy atom. The summed E-state index contributed by atoms with van der Waals surface area (Å²) in [6.45, 7) is 8.90. The van der Waals surface area contributed by atoms with E-state index in [0.717, 1.165) is 55.3 Å². The van der Waals surface area contributed by atoms with Crippen molar-refractivity contribution in [2.24, 2.45) is 5.10 Å². The number of unbranched alkanes of at least 4 members (excludes halogenated alkanes) is 1. The molecule has 7 nitrogen and oxygen atoms in total. The van der Waals surface area contributed by atoms with E-state index in [1.54, 1.807) is 23.7 Å². The molecule has 0 amide bonds. The maximum absolute atomic E-state index is 5.94. The first-order chi connectivity index (χ1) is 16.2. The van der Waals surface area contributed by atoms with Crippen molar-refractivity contribution in [3.8, 4) is 6.01 Å². The predicted octanol–water partition coefficient (Wildman–Crippen LogP) is 5.58. The molecule has 0 fully saturated rings. The summed E-state index contributed by atoms with van der Waals surface area (Å²) < 4.78 is 5.94. The summed E-state index contributed by atoms with van der Waals surface area (Å²) in [4.78, 5) is 17.3. The molecular weight excluding hydrogens is 432 g/mol. The molecule has 8 heteroatoms. The Morgan fingerprint density at radius 3 is 2.73 bits per heavy atom. The molecule has 3 rings (SSSR count). The summed E-state index contributed by atoms with van der Waals surface area (Å²) in [7, 11) is 0. The van der Waals surface area contributed by atoms with E-state index in [2.05, 4.69) is 52.2 Å². The number of aryl methyl sites for hydroxylation is 1. The maximum atomic E-state index is 5.94. The van der Waals surface area contributed by atoms with E-state index in [1.807, 2.05) is 30.3 Å². The number of pyridine rings is 1. The van der Waals surface area contributed by atoms with E-state index in [9.17, 15) is 0 Å². The second-order valence-electron chi connectivity index (χ2n) is 7.68. The van der Waals surface area contributed by atoms with E-state index < -0.39 is 0 Å². The van der Waals surface area contributed by atoms with Crippen molar-refractivity contribution in [3.63, 3.8) is 0 Å². The first kappa shape index (κ1) is 24.6. The zero-order chi connectivity index (χ0) is 23.3. The summed E-state index contributed by atoms with van der Waals surface area (Å²) in [6.07, 6.45) is 8.54. The Morgan fingerprint density at radius 2 is 2.00 bits per heavy atom. The van der Waals surface area contributed by atoms with Crippen LogP contribution in [0.4, 0.5) is 10.8 Å². The highest BCUT2D eigenvalue weighted by atomic mass is 32.1. The molecule has 3 aromatic rings. The van der Waals surface area contributed by atoms with Crippen molar-refractivity contribution in [2.45, 2.75) is 52.9 Å². The van der Waals surface area contributed by atoms with E-state index in [4.69, 9.17) is 9.72 Å². The minimum absolute atomic E-state index is 0.367. The number of hydrogen-bond donors (Lipinski definition) is 1. The van der Waals surface area contributed by atoms with Crippen LogP contribution in [0.2, 0.25) is 0 Å². The van der Waals surface area contributed by atoms with Gasteiger partial charge in [0.2, 0.25) is 0 Å². The van der Waals surface area contributed by atoms with E-state index in [1.165, 1.54) is 4.88 Å². The van der Waals surface area contributed by atoms with Crippen LogP contribution in [0, 0.1) is 0 Å². The van der Waals surface area contributed by atoms with Gasteiger partial charge in [-0.15, -0.1) is 11.3 Å². The minimum Gasteiger partial charge on any atom is -0.463 e. The lowest BCUT2D eigenvalue weighted by Crippen LogP contribution is -2.26. The van der Waals surface area contributed by atoms with Crippen molar-refractivity contribution in [2.75, 3.05) is 30.0 Å². The number of nitrogens with zero attached hydrogens (tertiary/aromatic N) is 5. The first-order valence-corrected chi connectivity index (χ1v) is 12.6. The maximum Gasteiger partial charge on any atom is 0.318 e. The lowest BCUT2D eigenvalue weighted by atomic mass is 10.3. The molecule has 0 saturated heterocycles. The molecule has 0 unspecified atom stereocenters. The molecular formula is C25H34N6OS. The van der Waals surface area contributed by atoms with Gasteiger partial charge in [-0.2, -0.15) is 15.1 Å². The van der Waals surface area contributed by atoms with Crippen LogP contribution in [0.1, 0.15) is 56.3 Å². The van der Waals surface area contributed by atoms with Crippen molar-refractivity contribution in [3.05, 3.63) is 58.9 Å². The second-order valence-corrected chi connectivity index (χ2v) is 8.85. The Hall–Kier alpha value is -3.00. The highest BCUT2D eigenvalue weighted by molar-refractivity contribution is 7.16. The fourth-order valence-corrected chi connectivity index (χ4v) is 4.06. The number of hydrogen-bond acceptors (Lipinski definition) is 8. The molecule has 176 valence electrons. The summed E-state index contributed by atoms with van der Waals surface area (Å²) in [5.41, 5.74) is 4.80. The summed E-state index contributed by atoms with van der Waals surface area (Å²) in [6, 6.07) is 12.4. The highest BCUT2D eigenvalue weighted by Crippen LogP contribution is 2.22. The molecule has 0 aromatic carbocycles. The second kappa shape index (κ2) is 13.5. The predicted molar refractivity (Wildman–Crippen MR) is 138 cm³/mol. The monoisotopic (exact) mass is 466 g/mol. The average Bonchev–Trinajstić information content (AvgIpc) is 3.30. The van der Waals surface area contributed by atoms with Crippen LogP contribution in [0.15, 0.2) is 47.7 Å². The van der Waals surface area contributed by atoms with Crippen LogP contribution in [0.25, 0.3) is 0 Å². The highest BCUT2D eigenvalue weighted by Gasteiger charge is 2.12.